The highest BCUT2D eigenvalue weighted by Crippen LogP contribution is 2.21. The average Bonchev–Trinajstić information content (AvgIpc) is 2.49. The Hall–Kier alpha value is -0.900. The Morgan fingerprint density at radius 1 is 1.16 bits per heavy atom. The molecule has 0 saturated carbocycles. The number of piperazine rings is 1. The van der Waals surface area contributed by atoms with Gasteiger partial charge in [0.2, 0.25) is 0 Å². The molecule has 19 heavy (non-hydrogen) atoms. The van der Waals surface area contributed by atoms with Crippen LogP contribution in [0.25, 0.3) is 0 Å². The Bertz CT molecular complexity index is 381. The maximum absolute atomic E-state index is 6.08. The lowest BCUT2D eigenvalue weighted by molar-refractivity contribution is 0.0946. The van der Waals surface area contributed by atoms with Gasteiger partial charge in [-0.1, -0.05) is 31.2 Å². The molecule has 0 radical (unpaired) electrons. The van der Waals surface area contributed by atoms with Crippen LogP contribution in [-0.4, -0.2) is 43.2 Å². The molecule has 0 amide bonds. The third-order valence-electron chi connectivity index (χ3n) is 4.34. The Kier molecular flexibility index (Phi) is 4.97. The molecule has 3 N–H and O–H groups in total. The van der Waals surface area contributed by atoms with E-state index < -0.39 is 0 Å². The molecule has 1 aromatic carbocycles. The number of aryl methyl sites for hydroxylation is 1. The molecule has 2 rings (SSSR count). The van der Waals surface area contributed by atoms with E-state index in [0.29, 0.717) is 6.54 Å². The number of hydrogen-bond donors (Lipinski definition) is 2. The topological polar surface area (TPSA) is 41.3 Å². The molecule has 1 fully saturated rings. The largest absolute Gasteiger partial charge is 0.329 e. The van der Waals surface area contributed by atoms with Gasteiger partial charge in [-0.25, -0.2) is 0 Å². The Morgan fingerprint density at radius 2 is 1.74 bits per heavy atom. The first-order valence-corrected chi connectivity index (χ1v) is 7.41. The molecule has 0 spiro atoms. The van der Waals surface area contributed by atoms with Crippen LogP contribution in [-0.2, 0) is 12.8 Å². The van der Waals surface area contributed by atoms with Gasteiger partial charge >= 0.3 is 0 Å². The minimum Gasteiger partial charge on any atom is -0.329 e. The zero-order valence-electron chi connectivity index (χ0n) is 12.3. The van der Waals surface area contributed by atoms with Crippen LogP contribution >= 0.6 is 0 Å². The van der Waals surface area contributed by atoms with Crippen molar-refractivity contribution in [3.63, 3.8) is 0 Å². The zero-order valence-corrected chi connectivity index (χ0v) is 12.3. The van der Waals surface area contributed by atoms with Gasteiger partial charge in [0.1, 0.15) is 0 Å². The standard InChI is InChI=1S/C16H27N3/c1-3-14-4-6-15(7-5-14)12-16(2,13-17)19-10-8-18-9-11-19/h4-7,18H,3,8-13,17H2,1-2H3. The van der Waals surface area contributed by atoms with Gasteiger partial charge in [0, 0.05) is 38.3 Å². The Morgan fingerprint density at radius 3 is 2.26 bits per heavy atom. The molecular formula is C16H27N3. The minimum absolute atomic E-state index is 0.0792. The van der Waals surface area contributed by atoms with Crippen LogP contribution in [0.1, 0.15) is 25.0 Å². The van der Waals surface area contributed by atoms with E-state index in [0.717, 1.165) is 39.0 Å². The number of nitrogens with zero attached hydrogens (tertiary/aromatic N) is 1. The minimum atomic E-state index is 0.0792. The van der Waals surface area contributed by atoms with Gasteiger partial charge in [-0.15, -0.1) is 0 Å². The van der Waals surface area contributed by atoms with E-state index in [2.05, 4.69) is 48.3 Å². The second kappa shape index (κ2) is 6.51. The summed E-state index contributed by atoms with van der Waals surface area (Å²) in [5, 5.41) is 3.41. The van der Waals surface area contributed by atoms with Crippen molar-refractivity contribution in [2.45, 2.75) is 32.2 Å². The lowest BCUT2D eigenvalue weighted by Gasteiger charge is -2.43. The van der Waals surface area contributed by atoms with Crippen LogP contribution in [0.15, 0.2) is 24.3 Å². The first-order valence-electron chi connectivity index (χ1n) is 7.41. The molecule has 0 aliphatic carbocycles. The highest BCUT2D eigenvalue weighted by atomic mass is 15.2. The summed E-state index contributed by atoms with van der Waals surface area (Å²) in [6.07, 6.45) is 2.14. The first kappa shape index (κ1) is 14.5. The van der Waals surface area contributed by atoms with E-state index >= 15 is 0 Å². The maximum atomic E-state index is 6.08. The van der Waals surface area contributed by atoms with Gasteiger partial charge in [0.15, 0.2) is 0 Å². The summed E-state index contributed by atoms with van der Waals surface area (Å²) in [7, 11) is 0. The van der Waals surface area contributed by atoms with Gasteiger partial charge in [-0.3, -0.25) is 4.90 Å². The molecule has 1 saturated heterocycles. The number of hydrogen-bond acceptors (Lipinski definition) is 3. The molecule has 3 heteroatoms. The molecule has 106 valence electrons. The zero-order chi connectivity index (χ0) is 13.7. The fraction of sp³-hybridized carbons (Fsp3) is 0.625. The second-order valence-corrected chi connectivity index (χ2v) is 5.78. The molecule has 0 bridgehead atoms. The Balaban J connectivity index is 2.07. The molecule has 1 atom stereocenters. The van der Waals surface area contributed by atoms with E-state index in [1.807, 2.05) is 0 Å². The lowest BCUT2D eigenvalue weighted by Crippen LogP contribution is -2.59. The third kappa shape index (κ3) is 3.56. The van der Waals surface area contributed by atoms with E-state index in [1.165, 1.54) is 11.1 Å². The number of nitrogens with two attached hydrogens (primary N) is 1. The van der Waals surface area contributed by atoms with Crippen molar-refractivity contribution < 1.29 is 0 Å². The SMILES string of the molecule is CCc1ccc(CC(C)(CN)N2CCNCC2)cc1. The van der Waals surface area contributed by atoms with Crippen LogP contribution in [0.4, 0.5) is 0 Å². The normalized spacial score (nSPS) is 20.2. The molecular weight excluding hydrogens is 234 g/mol. The van der Waals surface area contributed by atoms with Crippen molar-refractivity contribution in [3.05, 3.63) is 35.4 Å². The summed E-state index contributed by atoms with van der Waals surface area (Å²) in [5.74, 6) is 0. The summed E-state index contributed by atoms with van der Waals surface area (Å²) in [6.45, 7) is 9.55. The van der Waals surface area contributed by atoms with E-state index in [9.17, 15) is 0 Å². The second-order valence-electron chi connectivity index (χ2n) is 5.78. The third-order valence-corrected chi connectivity index (χ3v) is 4.34. The van der Waals surface area contributed by atoms with Crippen LogP contribution in [0.2, 0.25) is 0 Å². The summed E-state index contributed by atoms with van der Waals surface area (Å²) < 4.78 is 0. The molecule has 1 heterocycles. The quantitative estimate of drug-likeness (QED) is 0.842. The molecule has 0 aromatic heterocycles. The van der Waals surface area contributed by atoms with Crippen molar-refractivity contribution in [3.8, 4) is 0 Å². The molecule has 3 nitrogen and oxygen atoms in total. The van der Waals surface area contributed by atoms with Gasteiger partial charge in [-0.05, 0) is 30.9 Å². The number of benzene rings is 1. The van der Waals surface area contributed by atoms with Crippen LogP contribution in [0.3, 0.4) is 0 Å². The predicted octanol–water partition coefficient (Wildman–Crippen LogP) is 1.41. The van der Waals surface area contributed by atoms with E-state index in [1.54, 1.807) is 0 Å². The smallest absolute Gasteiger partial charge is 0.0344 e. The number of rotatable bonds is 5. The maximum Gasteiger partial charge on any atom is 0.0344 e. The number of nitrogens with one attached hydrogen (secondary N) is 1. The van der Waals surface area contributed by atoms with Gasteiger partial charge < -0.3 is 11.1 Å². The predicted molar refractivity (Wildman–Crippen MR) is 81.4 cm³/mol. The fourth-order valence-electron chi connectivity index (χ4n) is 2.85. The fourth-order valence-corrected chi connectivity index (χ4v) is 2.85. The molecule has 1 aliphatic rings. The molecule has 1 unspecified atom stereocenters. The van der Waals surface area contributed by atoms with E-state index in [-0.39, 0.29) is 5.54 Å². The monoisotopic (exact) mass is 261 g/mol. The summed E-state index contributed by atoms with van der Waals surface area (Å²) >= 11 is 0. The summed E-state index contributed by atoms with van der Waals surface area (Å²) in [6, 6.07) is 9.00. The average molecular weight is 261 g/mol. The summed E-state index contributed by atoms with van der Waals surface area (Å²) in [5.41, 5.74) is 8.95. The highest BCUT2D eigenvalue weighted by molar-refractivity contribution is 5.24. The van der Waals surface area contributed by atoms with Gasteiger partial charge in [0.25, 0.3) is 0 Å². The first-order chi connectivity index (χ1) is 9.18. The highest BCUT2D eigenvalue weighted by Gasteiger charge is 2.31. The van der Waals surface area contributed by atoms with Crippen molar-refractivity contribution in [1.82, 2.24) is 10.2 Å². The van der Waals surface area contributed by atoms with Crippen LogP contribution < -0.4 is 11.1 Å². The molecule has 1 aromatic rings. The van der Waals surface area contributed by atoms with E-state index in [4.69, 9.17) is 5.73 Å². The summed E-state index contributed by atoms with van der Waals surface area (Å²) in [4.78, 5) is 2.54. The van der Waals surface area contributed by atoms with Crippen molar-refractivity contribution >= 4 is 0 Å². The Labute approximate surface area is 117 Å². The molecule has 1 aliphatic heterocycles. The van der Waals surface area contributed by atoms with Crippen molar-refractivity contribution in [2.75, 3.05) is 32.7 Å². The van der Waals surface area contributed by atoms with Crippen LogP contribution in [0.5, 0.6) is 0 Å². The van der Waals surface area contributed by atoms with Gasteiger partial charge in [-0.2, -0.15) is 0 Å². The lowest BCUT2D eigenvalue weighted by atomic mass is 9.90. The van der Waals surface area contributed by atoms with Crippen LogP contribution in [0, 0.1) is 0 Å². The van der Waals surface area contributed by atoms with Crippen molar-refractivity contribution in [2.24, 2.45) is 5.73 Å². The van der Waals surface area contributed by atoms with Crippen molar-refractivity contribution in [1.29, 1.82) is 0 Å². The van der Waals surface area contributed by atoms with Gasteiger partial charge in [0.05, 0.1) is 0 Å².